The van der Waals surface area contributed by atoms with Crippen molar-refractivity contribution in [1.29, 1.82) is 0 Å². The molecule has 266 valence electrons. The van der Waals surface area contributed by atoms with Crippen LogP contribution in [0.2, 0.25) is 0 Å². The van der Waals surface area contributed by atoms with Gasteiger partial charge in [-0.25, -0.2) is 9.97 Å². The van der Waals surface area contributed by atoms with Gasteiger partial charge in [0.25, 0.3) is 0 Å². The van der Waals surface area contributed by atoms with Crippen molar-refractivity contribution < 1.29 is 0 Å². The summed E-state index contributed by atoms with van der Waals surface area (Å²) in [5, 5.41) is 3.39. The van der Waals surface area contributed by atoms with Crippen LogP contribution in [0.3, 0.4) is 0 Å². The van der Waals surface area contributed by atoms with Gasteiger partial charge in [0.2, 0.25) is 0 Å². The second kappa shape index (κ2) is 13.4. The molecule has 10 aromatic rings. The van der Waals surface area contributed by atoms with Crippen LogP contribution in [0, 0.1) is 0 Å². The number of fused-ring (bicyclic) bond motifs is 5. The van der Waals surface area contributed by atoms with E-state index in [1.54, 1.807) is 0 Å². The van der Waals surface area contributed by atoms with Crippen LogP contribution >= 0.6 is 0 Å². The second-order valence-corrected chi connectivity index (χ2v) is 14.7. The van der Waals surface area contributed by atoms with Gasteiger partial charge in [-0.1, -0.05) is 188 Å². The van der Waals surface area contributed by atoms with Crippen LogP contribution in [0.5, 0.6) is 0 Å². The normalized spacial score (nSPS) is 12.7. The lowest BCUT2D eigenvalue weighted by Gasteiger charge is -2.33. The summed E-state index contributed by atoms with van der Waals surface area (Å²) < 4.78 is 0. The minimum Gasteiger partial charge on any atom is -0.256 e. The zero-order valence-electron chi connectivity index (χ0n) is 31.0. The van der Waals surface area contributed by atoms with Crippen LogP contribution in [0.25, 0.3) is 77.8 Å². The average Bonchev–Trinajstić information content (AvgIpc) is 3.59. The van der Waals surface area contributed by atoms with Gasteiger partial charge in [0.1, 0.15) is 0 Å². The lowest BCUT2D eigenvalue weighted by molar-refractivity contribution is 0.768. The van der Waals surface area contributed by atoms with Gasteiger partial charge in [0, 0.05) is 28.3 Å². The maximum atomic E-state index is 5.25. The van der Waals surface area contributed by atoms with E-state index in [1.165, 1.54) is 49.9 Å². The largest absolute Gasteiger partial charge is 0.256 e. The molecule has 0 saturated carbocycles. The number of aromatic nitrogens is 3. The first-order valence-corrected chi connectivity index (χ1v) is 19.4. The molecule has 2 aromatic heterocycles. The zero-order chi connectivity index (χ0) is 37.8. The fourth-order valence-electron chi connectivity index (χ4n) is 9.14. The highest BCUT2D eigenvalue weighted by atomic mass is 14.9. The van der Waals surface area contributed by atoms with Gasteiger partial charge >= 0.3 is 0 Å². The lowest BCUT2D eigenvalue weighted by atomic mass is 9.67. The lowest BCUT2D eigenvalue weighted by Crippen LogP contribution is -2.28. The summed E-state index contributed by atoms with van der Waals surface area (Å²) in [4.78, 5) is 15.2. The fraction of sp³-hybridized carbons (Fsp3) is 0.0185. The molecule has 3 nitrogen and oxygen atoms in total. The SMILES string of the molecule is c1ccc(-c2nc(-c3ccc(-c4ccc5c(c4)-c4ccccc4C5(c4ccccc4)c4ccccc4)c4ccccc34)cc(-c3cccc4cccnc34)n2)cc1. The average molecular weight is 726 g/mol. The van der Waals surface area contributed by atoms with E-state index in [-0.39, 0.29) is 0 Å². The second-order valence-electron chi connectivity index (χ2n) is 14.7. The molecule has 3 heteroatoms. The van der Waals surface area contributed by atoms with Crippen molar-refractivity contribution in [2.24, 2.45) is 0 Å². The Labute approximate surface area is 331 Å². The van der Waals surface area contributed by atoms with E-state index in [1.807, 2.05) is 30.5 Å². The van der Waals surface area contributed by atoms with Crippen LogP contribution in [0.1, 0.15) is 22.3 Å². The van der Waals surface area contributed by atoms with Crippen LogP contribution in [0.15, 0.2) is 212 Å². The standard InChI is InChI=1S/C54H35N3/c1-4-16-37(17-5-1)53-56-50(35-51(57-53)46-27-14-18-36-19-15-33-55-52(36)46)45-31-30-41(42-24-10-11-25-43(42)45)38-29-32-49-47(34-38)44-26-12-13-28-48(44)54(49,39-20-6-2-7-21-39)40-22-8-3-9-23-40/h1-35H. The summed E-state index contributed by atoms with van der Waals surface area (Å²) in [6.07, 6.45) is 1.85. The van der Waals surface area contributed by atoms with E-state index in [0.717, 1.165) is 44.4 Å². The van der Waals surface area contributed by atoms with Crippen LogP contribution in [-0.4, -0.2) is 15.0 Å². The van der Waals surface area contributed by atoms with Crippen molar-refractivity contribution in [3.05, 3.63) is 235 Å². The van der Waals surface area contributed by atoms with Gasteiger partial charge in [0.05, 0.1) is 22.3 Å². The van der Waals surface area contributed by atoms with Crippen molar-refractivity contribution in [1.82, 2.24) is 15.0 Å². The number of hydrogen-bond acceptors (Lipinski definition) is 3. The Morgan fingerprint density at radius 1 is 0.351 bits per heavy atom. The molecule has 1 aliphatic rings. The Morgan fingerprint density at radius 2 is 0.930 bits per heavy atom. The monoisotopic (exact) mass is 725 g/mol. The Morgan fingerprint density at radius 3 is 1.68 bits per heavy atom. The van der Waals surface area contributed by atoms with E-state index in [9.17, 15) is 0 Å². The fourth-order valence-corrected chi connectivity index (χ4v) is 9.14. The molecule has 0 amide bonds. The van der Waals surface area contributed by atoms with Crippen LogP contribution in [0.4, 0.5) is 0 Å². The quantitative estimate of drug-likeness (QED) is 0.171. The minimum atomic E-state index is -0.431. The van der Waals surface area contributed by atoms with Crippen molar-refractivity contribution in [2.45, 2.75) is 5.41 Å². The number of hydrogen-bond donors (Lipinski definition) is 0. The van der Waals surface area contributed by atoms with E-state index in [2.05, 4.69) is 182 Å². The highest BCUT2D eigenvalue weighted by molar-refractivity contribution is 6.06. The predicted octanol–water partition coefficient (Wildman–Crippen LogP) is 13.2. The molecule has 11 rings (SSSR count). The van der Waals surface area contributed by atoms with Crippen LogP contribution < -0.4 is 0 Å². The third-order valence-corrected chi connectivity index (χ3v) is 11.6. The van der Waals surface area contributed by atoms with Gasteiger partial charge < -0.3 is 0 Å². The van der Waals surface area contributed by atoms with E-state index in [0.29, 0.717) is 5.82 Å². The molecule has 0 radical (unpaired) electrons. The zero-order valence-corrected chi connectivity index (χ0v) is 31.0. The molecule has 1 aliphatic carbocycles. The molecular weight excluding hydrogens is 691 g/mol. The number of para-hydroxylation sites is 1. The molecule has 57 heavy (non-hydrogen) atoms. The smallest absolute Gasteiger partial charge is 0.160 e. The molecule has 0 fully saturated rings. The molecular formula is C54H35N3. The number of rotatable bonds is 6. The Bertz CT molecular complexity index is 3070. The highest BCUT2D eigenvalue weighted by Gasteiger charge is 2.46. The van der Waals surface area contributed by atoms with E-state index in [4.69, 9.17) is 15.0 Å². The molecule has 0 aliphatic heterocycles. The minimum absolute atomic E-state index is 0.431. The van der Waals surface area contributed by atoms with E-state index >= 15 is 0 Å². The molecule has 0 N–H and O–H groups in total. The molecule has 2 heterocycles. The summed E-state index contributed by atoms with van der Waals surface area (Å²) in [5.74, 6) is 0.682. The number of nitrogens with zero attached hydrogens (tertiary/aromatic N) is 3. The van der Waals surface area contributed by atoms with E-state index < -0.39 is 5.41 Å². The maximum absolute atomic E-state index is 5.25. The molecule has 0 spiro atoms. The van der Waals surface area contributed by atoms with Crippen molar-refractivity contribution >= 4 is 21.7 Å². The highest BCUT2D eigenvalue weighted by Crippen LogP contribution is 2.56. The summed E-state index contributed by atoms with van der Waals surface area (Å²) in [6, 6.07) is 73.9. The van der Waals surface area contributed by atoms with Gasteiger partial charge in [0.15, 0.2) is 5.82 Å². The Hall–Kier alpha value is -7.49. The Kier molecular flexibility index (Phi) is 7.71. The third kappa shape index (κ3) is 5.24. The van der Waals surface area contributed by atoms with Gasteiger partial charge in [-0.2, -0.15) is 0 Å². The first-order chi connectivity index (χ1) is 28.3. The van der Waals surface area contributed by atoms with Crippen molar-refractivity contribution in [3.8, 4) is 56.2 Å². The van der Waals surface area contributed by atoms with Crippen molar-refractivity contribution in [3.63, 3.8) is 0 Å². The summed E-state index contributed by atoms with van der Waals surface area (Å²) in [5.41, 5.74) is 15.3. The number of benzene rings is 8. The molecule has 8 aromatic carbocycles. The first kappa shape index (κ1) is 32.9. The molecule has 0 bridgehead atoms. The summed E-state index contributed by atoms with van der Waals surface area (Å²) in [6.45, 7) is 0. The van der Waals surface area contributed by atoms with Gasteiger partial charge in [-0.3, -0.25) is 4.98 Å². The van der Waals surface area contributed by atoms with Gasteiger partial charge in [-0.05, 0) is 73.5 Å². The molecule has 0 saturated heterocycles. The van der Waals surface area contributed by atoms with Gasteiger partial charge in [-0.15, -0.1) is 0 Å². The van der Waals surface area contributed by atoms with Crippen molar-refractivity contribution in [2.75, 3.05) is 0 Å². The topological polar surface area (TPSA) is 38.7 Å². The predicted molar refractivity (Wildman–Crippen MR) is 234 cm³/mol. The Balaban J connectivity index is 1.10. The summed E-state index contributed by atoms with van der Waals surface area (Å²) in [7, 11) is 0. The molecule has 0 unspecified atom stereocenters. The maximum Gasteiger partial charge on any atom is 0.160 e. The van der Waals surface area contributed by atoms with Crippen LogP contribution in [-0.2, 0) is 5.41 Å². The third-order valence-electron chi connectivity index (χ3n) is 11.6. The number of pyridine rings is 1. The first-order valence-electron chi connectivity index (χ1n) is 19.4. The molecule has 0 atom stereocenters. The summed E-state index contributed by atoms with van der Waals surface area (Å²) >= 11 is 0.